The van der Waals surface area contributed by atoms with Crippen molar-refractivity contribution in [2.45, 2.75) is 56.4 Å². The molecule has 0 saturated carbocycles. The number of aliphatic hydroxyl groups excluding tert-OH is 3. The van der Waals surface area contributed by atoms with Crippen molar-refractivity contribution in [3.8, 4) is 5.75 Å². The van der Waals surface area contributed by atoms with Crippen molar-refractivity contribution < 1.29 is 39.1 Å². The Morgan fingerprint density at radius 2 is 1.91 bits per heavy atom. The maximum absolute atomic E-state index is 11.5. The molecule has 0 aliphatic carbocycles. The largest absolute Gasteiger partial charge is 0.488 e. The van der Waals surface area contributed by atoms with Gasteiger partial charge < -0.3 is 34.3 Å². The van der Waals surface area contributed by atoms with Crippen LogP contribution in [0.1, 0.15) is 36.1 Å². The molecule has 2 aromatic carbocycles. The SMILES string of the molecule is CC(=O)O[C@@H]1[C@@H](O)[C@H](c2ccc(Cl)c(Cc3ccc(O[C@H]4CCOC4)cc3)c2)O[C@H](CO)[C@H]1O. The van der Waals surface area contributed by atoms with Crippen LogP contribution in [0.3, 0.4) is 0 Å². The second kappa shape index (κ2) is 11.0. The van der Waals surface area contributed by atoms with E-state index in [0.717, 1.165) is 29.9 Å². The van der Waals surface area contributed by atoms with Crippen molar-refractivity contribution in [2.75, 3.05) is 19.8 Å². The Morgan fingerprint density at radius 3 is 2.56 bits per heavy atom. The molecule has 2 saturated heterocycles. The van der Waals surface area contributed by atoms with Gasteiger partial charge in [0.1, 0.15) is 36.3 Å². The predicted octanol–water partition coefficient (Wildman–Crippen LogP) is 2.18. The fourth-order valence-corrected chi connectivity index (χ4v) is 4.49. The quantitative estimate of drug-likeness (QED) is 0.504. The second-order valence-electron chi connectivity index (χ2n) is 8.61. The van der Waals surface area contributed by atoms with Gasteiger partial charge in [0.05, 0.1) is 19.8 Å². The summed E-state index contributed by atoms with van der Waals surface area (Å²) in [5, 5.41) is 31.3. The zero-order valence-electron chi connectivity index (χ0n) is 18.8. The molecule has 4 rings (SSSR count). The number of hydrogen-bond acceptors (Lipinski definition) is 8. The molecule has 6 atom stereocenters. The highest BCUT2D eigenvalue weighted by atomic mass is 35.5. The molecule has 2 heterocycles. The van der Waals surface area contributed by atoms with Gasteiger partial charge in [-0.1, -0.05) is 35.9 Å². The molecule has 2 aliphatic heterocycles. The second-order valence-corrected chi connectivity index (χ2v) is 9.02. The minimum absolute atomic E-state index is 0.0796. The summed E-state index contributed by atoms with van der Waals surface area (Å²) >= 11 is 6.45. The Morgan fingerprint density at radius 1 is 1.15 bits per heavy atom. The average Bonchev–Trinajstić information content (AvgIpc) is 3.33. The summed E-state index contributed by atoms with van der Waals surface area (Å²) in [5.41, 5.74) is 2.42. The summed E-state index contributed by atoms with van der Waals surface area (Å²) in [6.45, 7) is 2.02. The average molecular weight is 493 g/mol. The monoisotopic (exact) mass is 492 g/mol. The van der Waals surface area contributed by atoms with E-state index in [1.807, 2.05) is 30.3 Å². The van der Waals surface area contributed by atoms with Crippen LogP contribution >= 0.6 is 11.6 Å². The molecule has 34 heavy (non-hydrogen) atoms. The molecule has 0 bridgehead atoms. The highest BCUT2D eigenvalue weighted by Crippen LogP contribution is 2.35. The molecule has 0 radical (unpaired) electrons. The maximum Gasteiger partial charge on any atom is 0.303 e. The zero-order valence-corrected chi connectivity index (χ0v) is 19.6. The van der Waals surface area contributed by atoms with E-state index < -0.39 is 43.1 Å². The number of carbonyl (C=O) groups is 1. The Kier molecular flexibility index (Phi) is 8.08. The molecule has 2 aliphatic rings. The highest BCUT2D eigenvalue weighted by Gasteiger charge is 2.46. The van der Waals surface area contributed by atoms with E-state index in [2.05, 4.69) is 0 Å². The van der Waals surface area contributed by atoms with E-state index in [4.69, 9.17) is 30.5 Å². The van der Waals surface area contributed by atoms with Crippen molar-refractivity contribution >= 4 is 17.6 Å². The van der Waals surface area contributed by atoms with Gasteiger partial charge in [0, 0.05) is 18.4 Å². The summed E-state index contributed by atoms with van der Waals surface area (Å²) in [6, 6.07) is 13.0. The molecule has 0 aromatic heterocycles. The molecular formula is C25H29ClO8. The van der Waals surface area contributed by atoms with Gasteiger partial charge >= 0.3 is 5.97 Å². The van der Waals surface area contributed by atoms with Gasteiger partial charge in [-0.3, -0.25) is 4.79 Å². The molecule has 184 valence electrons. The van der Waals surface area contributed by atoms with Gasteiger partial charge in [-0.25, -0.2) is 0 Å². The van der Waals surface area contributed by atoms with Crippen molar-refractivity contribution in [3.63, 3.8) is 0 Å². The molecule has 9 heteroatoms. The topological polar surface area (TPSA) is 115 Å². The molecule has 8 nitrogen and oxygen atoms in total. The molecule has 2 fully saturated rings. The van der Waals surface area contributed by atoms with Crippen molar-refractivity contribution in [1.29, 1.82) is 0 Å². The first kappa shape index (κ1) is 24.9. The van der Waals surface area contributed by atoms with Crippen LogP contribution < -0.4 is 4.74 Å². The van der Waals surface area contributed by atoms with E-state index in [1.54, 1.807) is 12.1 Å². The number of halogens is 1. The van der Waals surface area contributed by atoms with E-state index >= 15 is 0 Å². The third-order valence-electron chi connectivity index (χ3n) is 6.07. The van der Waals surface area contributed by atoms with Crippen molar-refractivity contribution in [3.05, 3.63) is 64.2 Å². The smallest absolute Gasteiger partial charge is 0.303 e. The first-order valence-corrected chi connectivity index (χ1v) is 11.6. The number of aliphatic hydroxyl groups is 3. The standard InChI is InChI=1S/C25H29ClO8/c1-14(28)32-25-22(29)21(12-27)34-24(23(25)30)16-4-7-20(26)17(11-16)10-15-2-5-18(6-3-15)33-19-8-9-31-13-19/h2-7,11,19,21-25,27,29-30H,8-10,12-13H2,1H3/t19-,21+,22+,23-,24-,25-/m0/s1. The summed E-state index contributed by atoms with van der Waals surface area (Å²) in [7, 11) is 0. The van der Waals surface area contributed by atoms with Crippen LogP contribution in [0.4, 0.5) is 0 Å². The van der Waals surface area contributed by atoms with Gasteiger partial charge in [0.15, 0.2) is 6.10 Å². The minimum Gasteiger partial charge on any atom is -0.488 e. The summed E-state index contributed by atoms with van der Waals surface area (Å²) in [5.74, 6) is 0.132. The Labute approximate surface area is 203 Å². The lowest BCUT2D eigenvalue weighted by atomic mass is 9.90. The van der Waals surface area contributed by atoms with Crippen LogP contribution in [0, 0.1) is 0 Å². The summed E-state index contributed by atoms with van der Waals surface area (Å²) < 4.78 is 22.2. The van der Waals surface area contributed by atoms with Crippen LogP contribution in [-0.2, 0) is 25.4 Å². The first-order chi connectivity index (χ1) is 16.4. The Bertz CT molecular complexity index is 975. The molecule has 0 amide bonds. The highest BCUT2D eigenvalue weighted by molar-refractivity contribution is 6.31. The lowest BCUT2D eigenvalue weighted by Crippen LogP contribution is -2.56. The van der Waals surface area contributed by atoms with E-state index in [9.17, 15) is 20.1 Å². The zero-order chi connectivity index (χ0) is 24.2. The van der Waals surface area contributed by atoms with Crippen LogP contribution in [0.5, 0.6) is 5.75 Å². The van der Waals surface area contributed by atoms with E-state index in [0.29, 0.717) is 23.6 Å². The van der Waals surface area contributed by atoms with Crippen LogP contribution in [0.25, 0.3) is 0 Å². The predicted molar refractivity (Wildman–Crippen MR) is 123 cm³/mol. The minimum atomic E-state index is -1.36. The normalized spacial score (nSPS) is 29.1. The van der Waals surface area contributed by atoms with Crippen LogP contribution in [0.15, 0.2) is 42.5 Å². The number of carbonyl (C=O) groups excluding carboxylic acids is 1. The van der Waals surface area contributed by atoms with Crippen LogP contribution in [0.2, 0.25) is 5.02 Å². The van der Waals surface area contributed by atoms with E-state index in [-0.39, 0.29) is 6.10 Å². The maximum atomic E-state index is 11.5. The fraction of sp³-hybridized carbons (Fsp3) is 0.480. The van der Waals surface area contributed by atoms with Gasteiger partial charge in [0.2, 0.25) is 0 Å². The molecule has 3 N–H and O–H groups in total. The van der Waals surface area contributed by atoms with Crippen LogP contribution in [-0.4, -0.2) is 71.6 Å². The van der Waals surface area contributed by atoms with Gasteiger partial charge in [0.25, 0.3) is 0 Å². The number of ether oxygens (including phenoxy) is 4. The van der Waals surface area contributed by atoms with Crippen molar-refractivity contribution in [1.82, 2.24) is 0 Å². The van der Waals surface area contributed by atoms with Crippen molar-refractivity contribution in [2.24, 2.45) is 0 Å². The molecular weight excluding hydrogens is 464 g/mol. The number of hydrogen-bond donors (Lipinski definition) is 3. The third kappa shape index (κ3) is 5.71. The van der Waals surface area contributed by atoms with E-state index in [1.165, 1.54) is 6.92 Å². The number of rotatable bonds is 7. The number of benzene rings is 2. The van der Waals surface area contributed by atoms with Gasteiger partial charge in [-0.05, 0) is 41.3 Å². The Hall–Kier alpha value is -2.20. The fourth-order valence-electron chi connectivity index (χ4n) is 4.30. The lowest BCUT2D eigenvalue weighted by molar-refractivity contribution is -0.240. The number of esters is 1. The summed E-state index contributed by atoms with van der Waals surface area (Å²) in [4.78, 5) is 11.5. The molecule has 0 spiro atoms. The molecule has 2 aromatic rings. The Balaban J connectivity index is 1.51. The lowest BCUT2D eigenvalue weighted by Gasteiger charge is -2.41. The molecule has 0 unspecified atom stereocenters. The third-order valence-corrected chi connectivity index (χ3v) is 6.44. The van der Waals surface area contributed by atoms with Gasteiger partial charge in [-0.15, -0.1) is 0 Å². The van der Waals surface area contributed by atoms with Gasteiger partial charge in [-0.2, -0.15) is 0 Å². The first-order valence-electron chi connectivity index (χ1n) is 11.3. The summed E-state index contributed by atoms with van der Waals surface area (Å²) in [6.07, 6.45) is -4.37.